The number of anilines is 3. The zero-order valence-corrected chi connectivity index (χ0v) is 27.4. The minimum absolute atomic E-state index is 0.0589. The molecule has 0 atom stereocenters. The fraction of sp³-hybridized carbons (Fsp3) is 0.0638. The highest BCUT2D eigenvalue weighted by molar-refractivity contribution is 6.17. The summed E-state index contributed by atoms with van der Waals surface area (Å²) in [6.07, 6.45) is 0. The molecule has 0 saturated carbocycles. The van der Waals surface area contributed by atoms with Gasteiger partial charge in [-0.15, -0.1) is 0 Å². The van der Waals surface area contributed by atoms with Crippen LogP contribution in [0.5, 0.6) is 0 Å². The van der Waals surface area contributed by atoms with Crippen molar-refractivity contribution in [2.45, 2.75) is 19.3 Å². The lowest BCUT2D eigenvalue weighted by atomic mass is 9.82. The van der Waals surface area contributed by atoms with Gasteiger partial charge in [0.1, 0.15) is 5.58 Å². The predicted molar refractivity (Wildman–Crippen MR) is 206 cm³/mol. The Balaban J connectivity index is 1.18. The lowest BCUT2D eigenvalue weighted by Crippen LogP contribution is -2.15. The van der Waals surface area contributed by atoms with Gasteiger partial charge in [-0.1, -0.05) is 135 Å². The Bertz CT molecular complexity index is 2750. The standard InChI is InChI=1S/C47H33NO/c1-47(2)42-16-8-7-14-38(42)41-29-36(25-27-43(41)47)48(35-23-20-31(21-24-35)34-19-18-30-10-3-4-12-33(30)28-34)44-17-9-15-39-40-26-22-32-11-5-6-13-37(32)45(40)49-46(39)44/h3-29H,1-2H3. The van der Waals surface area contributed by atoms with Crippen LogP contribution in [0.4, 0.5) is 17.1 Å². The molecular weight excluding hydrogens is 595 g/mol. The Hall–Kier alpha value is -6.12. The molecule has 2 heteroatoms. The first-order valence-electron chi connectivity index (χ1n) is 17.0. The molecule has 0 bridgehead atoms. The molecule has 0 aliphatic heterocycles. The molecule has 0 fully saturated rings. The van der Waals surface area contributed by atoms with Crippen molar-refractivity contribution < 1.29 is 4.42 Å². The molecule has 0 amide bonds. The Morgan fingerprint density at radius 2 is 1.08 bits per heavy atom. The summed E-state index contributed by atoms with van der Waals surface area (Å²) in [4.78, 5) is 2.37. The molecule has 49 heavy (non-hydrogen) atoms. The summed E-state index contributed by atoms with van der Waals surface area (Å²) in [6.45, 7) is 4.67. The molecule has 0 radical (unpaired) electrons. The third-order valence-electron chi connectivity index (χ3n) is 10.6. The molecule has 0 saturated heterocycles. The Morgan fingerprint density at radius 1 is 0.429 bits per heavy atom. The lowest BCUT2D eigenvalue weighted by Gasteiger charge is -2.27. The SMILES string of the molecule is CC1(C)c2ccccc2-c2cc(N(c3ccc(-c4ccc5ccccc5c4)cc3)c3cccc4c3oc3c5ccccc5ccc43)ccc21. The van der Waals surface area contributed by atoms with Crippen LogP contribution in [-0.2, 0) is 5.41 Å². The normalized spacial score (nSPS) is 13.3. The van der Waals surface area contributed by atoms with Gasteiger partial charge in [-0.3, -0.25) is 0 Å². The Kier molecular flexibility index (Phi) is 5.95. The van der Waals surface area contributed by atoms with Crippen LogP contribution in [0.2, 0.25) is 0 Å². The zero-order valence-electron chi connectivity index (χ0n) is 27.4. The number of nitrogens with zero attached hydrogens (tertiary/aromatic N) is 1. The first-order valence-corrected chi connectivity index (χ1v) is 17.0. The highest BCUT2D eigenvalue weighted by Crippen LogP contribution is 2.51. The summed E-state index contributed by atoms with van der Waals surface area (Å²) >= 11 is 0. The molecule has 2 nitrogen and oxygen atoms in total. The number of fused-ring (bicyclic) bond motifs is 9. The van der Waals surface area contributed by atoms with E-state index in [9.17, 15) is 0 Å². The topological polar surface area (TPSA) is 16.4 Å². The number of hydrogen-bond donors (Lipinski definition) is 0. The second-order valence-corrected chi connectivity index (χ2v) is 13.8. The van der Waals surface area contributed by atoms with Crippen LogP contribution in [0.25, 0.3) is 65.7 Å². The summed E-state index contributed by atoms with van der Waals surface area (Å²) in [5, 5.41) is 7.05. The Morgan fingerprint density at radius 3 is 1.96 bits per heavy atom. The molecule has 8 aromatic carbocycles. The van der Waals surface area contributed by atoms with Gasteiger partial charge in [-0.05, 0) is 92.0 Å². The summed E-state index contributed by atoms with van der Waals surface area (Å²) in [6, 6.07) is 59.4. The first-order chi connectivity index (χ1) is 24.0. The molecule has 9 aromatic rings. The molecule has 0 unspecified atom stereocenters. The van der Waals surface area contributed by atoms with Gasteiger partial charge in [0.2, 0.25) is 0 Å². The van der Waals surface area contributed by atoms with Crippen molar-refractivity contribution in [1.82, 2.24) is 0 Å². The zero-order chi connectivity index (χ0) is 32.7. The van der Waals surface area contributed by atoms with Crippen LogP contribution >= 0.6 is 0 Å². The number of para-hydroxylation sites is 1. The molecular formula is C47H33NO. The number of hydrogen-bond acceptors (Lipinski definition) is 2. The highest BCUT2D eigenvalue weighted by atomic mass is 16.3. The van der Waals surface area contributed by atoms with Crippen LogP contribution in [0.3, 0.4) is 0 Å². The highest BCUT2D eigenvalue weighted by Gasteiger charge is 2.35. The van der Waals surface area contributed by atoms with Crippen molar-refractivity contribution >= 4 is 60.5 Å². The molecule has 1 heterocycles. The van der Waals surface area contributed by atoms with E-state index in [-0.39, 0.29) is 5.41 Å². The fourth-order valence-electron chi connectivity index (χ4n) is 8.13. The summed E-state index contributed by atoms with van der Waals surface area (Å²) in [5.74, 6) is 0. The van der Waals surface area contributed by atoms with Gasteiger partial charge < -0.3 is 9.32 Å². The molecule has 1 aromatic heterocycles. The third-order valence-corrected chi connectivity index (χ3v) is 10.6. The van der Waals surface area contributed by atoms with E-state index in [1.807, 2.05) is 0 Å². The first kappa shape index (κ1) is 27.9. The van der Waals surface area contributed by atoms with E-state index >= 15 is 0 Å². The van der Waals surface area contributed by atoms with E-state index in [0.717, 1.165) is 44.4 Å². The van der Waals surface area contributed by atoms with Gasteiger partial charge in [0.25, 0.3) is 0 Å². The maximum absolute atomic E-state index is 6.90. The molecule has 0 spiro atoms. The number of furan rings is 1. The largest absolute Gasteiger partial charge is 0.453 e. The van der Waals surface area contributed by atoms with E-state index in [1.54, 1.807) is 0 Å². The van der Waals surface area contributed by atoms with Crippen LogP contribution in [-0.4, -0.2) is 0 Å². The smallest absolute Gasteiger partial charge is 0.159 e. The average molecular weight is 628 g/mol. The van der Waals surface area contributed by atoms with Crippen LogP contribution in [0, 0.1) is 0 Å². The van der Waals surface area contributed by atoms with Gasteiger partial charge in [-0.2, -0.15) is 0 Å². The van der Waals surface area contributed by atoms with Crippen molar-refractivity contribution in [3.05, 3.63) is 175 Å². The molecule has 0 N–H and O–H groups in total. The third kappa shape index (κ3) is 4.20. The van der Waals surface area contributed by atoms with Crippen molar-refractivity contribution in [3.63, 3.8) is 0 Å². The van der Waals surface area contributed by atoms with Crippen molar-refractivity contribution in [2.75, 3.05) is 4.90 Å². The maximum Gasteiger partial charge on any atom is 0.159 e. The van der Waals surface area contributed by atoms with Gasteiger partial charge in [0, 0.05) is 32.9 Å². The molecule has 232 valence electrons. The van der Waals surface area contributed by atoms with Gasteiger partial charge in [-0.25, -0.2) is 0 Å². The molecule has 1 aliphatic carbocycles. The monoisotopic (exact) mass is 627 g/mol. The van der Waals surface area contributed by atoms with E-state index < -0.39 is 0 Å². The maximum atomic E-state index is 6.90. The second-order valence-electron chi connectivity index (χ2n) is 13.8. The van der Waals surface area contributed by atoms with E-state index in [2.05, 4.69) is 183 Å². The van der Waals surface area contributed by atoms with Gasteiger partial charge in [0.15, 0.2) is 5.58 Å². The van der Waals surface area contributed by atoms with Crippen LogP contribution < -0.4 is 4.90 Å². The lowest BCUT2D eigenvalue weighted by molar-refractivity contribution is 0.660. The molecule has 1 aliphatic rings. The average Bonchev–Trinajstić information content (AvgIpc) is 3.65. The number of benzene rings is 8. The van der Waals surface area contributed by atoms with E-state index in [4.69, 9.17) is 4.42 Å². The van der Waals surface area contributed by atoms with Crippen LogP contribution in [0.1, 0.15) is 25.0 Å². The summed E-state index contributed by atoms with van der Waals surface area (Å²) < 4.78 is 6.90. The number of rotatable bonds is 4. The minimum atomic E-state index is -0.0589. The van der Waals surface area contributed by atoms with Crippen LogP contribution in [0.15, 0.2) is 168 Å². The fourth-order valence-corrected chi connectivity index (χ4v) is 8.13. The Labute approximate surface area is 285 Å². The quantitative estimate of drug-likeness (QED) is 0.193. The van der Waals surface area contributed by atoms with E-state index in [1.165, 1.54) is 49.5 Å². The molecule has 10 rings (SSSR count). The van der Waals surface area contributed by atoms with Crippen molar-refractivity contribution in [1.29, 1.82) is 0 Å². The summed E-state index contributed by atoms with van der Waals surface area (Å²) in [5.41, 5.74) is 12.7. The van der Waals surface area contributed by atoms with E-state index in [0.29, 0.717) is 0 Å². The predicted octanol–water partition coefficient (Wildman–Crippen LogP) is 13.3. The van der Waals surface area contributed by atoms with Crippen molar-refractivity contribution in [3.8, 4) is 22.3 Å². The summed E-state index contributed by atoms with van der Waals surface area (Å²) in [7, 11) is 0. The second kappa shape index (κ2) is 10.4. The van der Waals surface area contributed by atoms with Crippen molar-refractivity contribution in [2.24, 2.45) is 0 Å². The van der Waals surface area contributed by atoms with Gasteiger partial charge in [0.05, 0.1) is 5.69 Å². The minimum Gasteiger partial charge on any atom is -0.453 e. The van der Waals surface area contributed by atoms with Gasteiger partial charge >= 0.3 is 0 Å².